The quantitative estimate of drug-likeness (QED) is 0.707. The maximum Gasteiger partial charge on any atom is 0.0267 e. The highest BCUT2D eigenvalue weighted by Crippen LogP contribution is 2.23. The highest BCUT2D eigenvalue weighted by Gasteiger charge is 2.00. The van der Waals surface area contributed by atoms with E-state index in [0.29, 0.717) is 5.92 Å². The molecule has 0 N–H and O–H groups in total. The lowest BCUT2D eigenvalue weighted by atomic mass is 10.1. The smallest absolute Gasteiger partial charge is 0.0267 e. The Morgan fingerprint density at radius 3 is 2.57 bits per heavy atom. The highest BCUT2D eigenvalue weighted by molar-refractivity contribution is 7.11. The Morgan fingerprint density at radius 1 is 1.14 bits per heavy atom. The van der Waals surface area contributed by atoms with Crippen LogP contribution in [0.25, 0.3) is 6.08 Å². The number of rotatable bonds is 3. The van der Waals surface area contributed by atoms with Crippen LogP contribution in [0.2, 0.25) is 0 Å². The van der Waals surface area contributed by atoms with Crippen LogP contribution in [0.5, 0.6) is 0 Å². The molecule has 2 rings (SSSR count). The van der Waals surface area contributed by atoms with Crippen LogP contribution in [0.3, 0.4) is 0 Å². The third-order valence-electron chi connectivity index (χ3n) is 2.08. The van der Waals surface area contributed by atoms with Crippen molar-refractivity contribution in [2.24, 2.45) is 0 Å². The van der Waals surface area contributed by atoms with Gasteiger partial charge in [0.1, 0.15) is 0 Å². The molecule has 72 valence electrons. The summed E-state index contributed by atoms with van der Waals surface area (Å²) in [5, 5.41) is 4.24. The molecular formula is C12H12S2. The van der Waals surface area contributed by atoms with Crippen molar-refractivity contribution in [3.8, 4) is 0 Å². The average Bonchev–Trinajstić information content (AvgIpc) is 2.87. The maximum absolute atomic E-state index is 2.26. The SMILES string of the molecule is CC(/C=C/c1cccs1)c1cccs1. The molecule has 0 nitrogen and oxygen atoms in total. The zero-order valence-electron chi connectivity index (χ0n) is 8.01. The van der Waals surface area contributed by atoms with Crippen molar-refractivity contribution >= 4 is 28.7 Å². The number of hydrogen-bond acceptors (Lipinski definition) is 2. The highest BCUT2D eigenvalue weighted by atomic mass is 32.1. The molecule has 2 heterocycles. The van der Waals surface area contributed by atoms with Gasteiger partial charge in [-0.25, -0.2) is 0 Å². The molecule has 2 heteroatoms. The Morgan fingerprint density at radius 2 is 1.93 bits per heavy atom. The van der Waals surface area contributed by atoms with Crippen molar-refractivity contribution in [2.75, 3.05) is 0 Å². The molecule has 0 bridgehead atoms. The van der Waals surface area contributed by atoms with Crippen LogP contribution >= 0.6 is 22.7 Å². The number of allylic oxidation sites excluding steroid dienone is 1. The predicted molar refractivity (Wildman–Crippen MR) is 66.1 cm³/mol. The monoisotopic (exact) mass is 220 g/mol. The van der Waals surface area contributed by atoms with E-state index in [1.807, 2.05) is 11.3 Å². The van der Waals surface area contributed by atoms with Gasteiger partial charge >= 0.3 is 0 Å². The third kappa shape index (κ3) is 2.34. The molecule has 0 amide bonds. The molecule has 0 radical (unpaired) electrons. The summed E-state index contributed by atoms with van der Waals surface area (Å²) in [6.45, 7) is 2.23. The van der Waals surface area contributed by atoms with Gasteiger partial charge in [-0.2, -0.15) is 0 Å². The number of hydrogen-bond donors (Lipinski definition) is 0. The molecule has 0 aliphatic rings. The lowest BCUT2D eigenvalue weighted by molar-refractivity contribution is 1.00. The van der Waals surface area contributed by atoms with E-state index >= 15 is 0 Å². The minimum Gasteiger partial charge on any atom is -0.148 e. The van der Waals surface area contributed by atoms with Crippen LogP contribution in [0, 0.1) is 0 Å². The predicted octanol–water partition coefficient (Wildman–Crippen LogP) is 4.63. The lowest BCUT2D eigenvalue weighted by Crippen LogP contribution is -1.81. The van der Waals surface area contributed by atoms with Crippen molar-refractivity contribution in [1.82, 2.24) is 0 Å². The van der Waals surface area contributed by atoms with Crippen molar-refractivity contribution in [1.29, 1.82) is 0 Å². The first-order valence-electron chi connectivity index (χ1n) is 4.61. The van der Waals surface area contributed by atoms with E-state index in [9.17, 15) is 0 Å². The van der Waals surface area contributed by atoms with E-state index in [1.54, 1.807) is 11.3 Å². The Balaban J connectivity index is 2.05. The molecule has 2 aromatic rings. The van der Waals surface area contributed by atoms with Gasteiger partial charge in [0.25, 0.3) is 0 Å². The van der Waals surface area contributed by atoms with Gasteiger partial charge in [-0.05, 0) is 29.0 Å². The van der Waals surface area contributed by atoms with Crippen LogP contribution in [-0.4, -0.2) is 0 Å². The van der Waals surface area contributed by atoms with Gasteiger partial charge in [0.15, 0.2) is 0 Å². The van der Waals surface area contributed by atoms with Crippen LogP contribution in [0.4, 0.5) is 0 Å². The zero-order valence-corrected chi connectivity index (χ0v) is 9.65. The standard InChI is InChI=1S/C12H12S2/c1-10(12-5-3-9-14-12)6-7-11-4-2-8-13-11/h2-10H,1H3/b7-6+. The van der Waals surface area contributed by atoms with Gasteiger partial charge in [0.05, 0.1) is 0 Å². The largest absolute Gasteiger partial charge is 0.148 e. The first kappa shape index (κ1) is 9.69. The Labute approximate surface area is 92.5 Å². The molecule has 14 heavy (non-hydrogen) atoms. The van der Waals surface area contributed by atoms with Gasteiger partial charge in [-0.15, -0.1) is 22.7 Å². The first-order valence-corrected chi connectivity index (χ1v) is 6.37. The summed E-state index contributed by atoms with van der Waals surface area (Å²) in [7, 11) is 0. The van der Waals surface area contributed by atoms with Crippen molar-refractivity contribution < 1.29 is 0 Å². The van der Waals surface area contributed by atoms with E-state index in [1.165, 1.54) is 9.75 Å². The maximum atomic E-state index is 2.26. The van der Waals surface area contributed by atoms with Crippen molar-refractivity contribution in [3.05, 3.63) is 50.9 Å². The molecule has 1 unspecified atom stereocenters. The van der Waals surface area contributed by atoms with Crippen molar-refractivity contribution in [2.45, 2.75) is 12.8 Å². The summed E-state index contributed by atoms with van der Waals surface area (Å²) in [5.74, 6) is 0.525. The molecule has 0 aliphatic carbocycles. The Kier molecular flexibility index (Phi) is 3.17. The molecule has 2 aromatic heterocycles. The van der Waals surface area contributed by atoms with Crippen LogP contribution in [-0.2, 0) is 0 Å². The van der Waals surface area contributed by atoms with Crippen molar-refractivity contribution in [3.63, 3.8) is 0 Å². The van der Waals surface area contributed by atoms with Crippen LogP contribution in [0.15, 0.2) is 41.1 Å². The van der Waals surface area contributed by atoms with Gasteiger partial charge in [-0.3, -0.25) is 0 Å². The normalized spacial score (nSPS) is 13.5. The van der Waals surface area contributed by atoms with E-state index < -0.39 is 0 Å². The Bertz CT molecular complexity index is 382. The van der Waals surface area contributed by atoms with E-state index in [4.69, 9.17) is 0 Å². The van der Waals surface area contributed by atoms with Crippen LogP contribution < -0.4 is 0 Å². The molecule has 1 atom stereocenters. The lowest BCUT2D eigenvalue weighted by Gasteiger charge is -2.00. The molecule has 0 aromatic carbocycles. The summed E-state index contributed by atoms with van der Waals surface area (Å²) in [5.41, 5.74) is 0. The van der Waals surface area contributed by atoms with E-state index in [0.717, 1.165) is 0 Å². The third-order valence-corrected chi connectivity index (χ3v) is 4.00. The Hall–Kier alpha value is -0.860. The summed E-state index contributed by atoms with van der Waals surface area (Å²) >= 11 is 3.60. The summed E-state index contributed by atoms with van der Waals surface area (Å²) in [6, 6.07) is 8.52. The van der Waals surface area contributed by atoms with Gasteiger partial charge in [0, 0.05) is 15.7 Å². The summed E-state index contributed by atoms with van der Waals surface area (Å²) in [4.78, 5) is 2.76. The molecule has 0 saturated heterocycles. The van der Waals surface area contributed by atoms with Gasteiger partial charge in [0.2, 0.25) is 0 Å². The summed E-state index contributed by atoms with van der Waals surface area (Å²) < 4.78 is 0. The summed E-state index contributed by atoms with van der Waals surface area (Å²) in [6.07, 6.45) is 4.46. The molecular weight excluding hydrogens is 208 g/mol. The van der Waals surface area contributed by atoms with E-state index in [2.05, 4.69) is 54.1 Å². The topological polar surface area (TPSA) is 0 Å². The van der Waals surface area contributed by atoms with Gasteiger partial charge in [-0.1, -0.05) is 25.1 Å². The second-order valence-corrected chi connectivity index (χ2v) is 5.14. The fourth-order valence-electron chi connectivity index (χ4n) is 1.27. The zero-order chi connectivity index (χ0) is 9.80. The second kappa shape index (κ2) is 4.58. The molecule has 0 spiro atoms. The van der Waals surface area contributed by atoms with Gasteiger partial charge < -0.3 is 0 Å². The fraction of sp³-hybridized carbons (Fsp3) is 0.167. The van der Waals surface area contributed by atoms with Crippen LogP contribution in [0.1, 0.15) is 22.6 Å². The average molecular weight is 220 g/mol. The second-order valence-electron chi connectivity index (χ2n) is 3.18. The minimum absolute atomic E-state index is 0.525. The molecule has 0 saturated carbocycles. The molecule has 0 aliphatic heterocycles. The minimum atomic E-state index is 0.525. The molecule has 0 fully saturated rings. The number of thiophene rings is 2. The first-order chi connectivity index (χ1) is 6.86. The van der Waals surface area contributed by atoms with E-state index in [-0.39, 0.29) is 0 Å². The fourth-order valence-corrected chi connectivity index (χ4v) is 2.66.